The number of hydrogen-bond donors (Lipinski definition) is 1. The van der Waals surface area contributed by atoms with E-state index in [0.29, 0.717) is 17.9 Å². The van der Waals surface area contributed by atoms with Crippen LogP contribution in [-0.4, -0.2) is 35.2 Å². The molecule has 2 aromatic carbocycles. The highest BCUT2D eigenvalue weighted by molar-refractivity contribution is 5.84. The predicted octanol–water partition coefficient (Wildman–Crippen LogP) is 5.98. The highest BCUT2D eigenvalue weighted by Crippen LogP contribution is 2.36. The summed E-state index contributed by atoms with van der Waals surface area (Å²) in [5.74, 6) is 2.20. The molecule has 3 unspecified atom stereocenters. The maximum atomic E-state index is 11.2. The van der Waals surface area contributed by atoms with Gasteiger partial charge in [0.25, 0.3) is 0 Å². The lowest BCUT2D eigenvalue weighted by Crippen LogP contribution is -2.36. The van der Waals surface area contributed by atoms with E-state index in [9.17, 15) is 9.90 Å². The number of benzene rings is 2. The summed E-state index contributed by atoms with van der Waals surface area (Å²) in [7, 11) is 0. The van der Waals surface area contributed by atoms with Crippen LogP contribution in [0.1, 0.15) is 58.4 Å². The Morgan fingerprint density at radius 1 is 1.06 bits per heavy atom. The van der Waals surface area contributed by atoms with Crippen LogP contribution in [0.15, 0.2) is 36.4 Å². The summed E-state index contributed by atoms with van der Waals surface area (Å²) in [6, 6.07) is 13.2. The summed E-state index contributed by atoms with van der Waals surface area (Å²) >= 11 is 0. The van der Waals surface area contributed by atoms with Crippen molar-refractivity contribution in [3.8, 4) is 5.75 Å². The van der Waals surface area contributed by atoms with Gasteiger partial charge in [-0.25, -0.2) is 0 Å². The lowest BCUT2D eigenvalue weighted by molar-refractivity contribution is -0.143. The lowest BCUT2D eigenvalue weighted by atomic mass is 9.75. The molecule has 2 aromatic rings. The van der Waals surface area contributed by atoms with Crippen molar-refractivity contribution in [3.05, 3.63) is 42.0 Å². The Morgan fingerprint density at radius 2 is 1.77 bits per heavy atom. The number of hydrogen-bond acceptors (Lipinski definition) is 3. The number of rotatable bonds is 6. The van der Waals surface area contributed by atoms with Gasteiger partial charge < -0.3 is 9.84 Å². The molecule has 1 aliphatic heterocycles. The minimum Gasteiger partial charge on any atom is -0.490 e. The zero-order valence-corrected chi connectivity index (χ0v) is 19.2. The summed E-state index contributed by atoms with van der Waals surface area (Å²) in [5.41, 5.74) is 1.29. The van der Waals surface area contributed by atoms with Crippen LogP contribution in [-0.2, 0) is 11.3 Å². The molecule has 1 heterocycles. The normalized spacial score (nSPS) is 25.7. The summed E-state index contributed by atoms with van der Waals surface area (Å²) in [5, 5.41) is 11.6. The standard InChI is InChI=1S/C27H37NO3/c1-18(2)25-9-4-19(3)14-26(25)31-24-8-7-22-15-20(5-6-23(22)16-24)17-28-12-10-21(11-13-28)27(29)30/h5-8,15-16,18-19,21,25-26H,4,9-14,17H2,1-3H3,(H,29,30). The van der Waals surface area contributed by atoms with Crippen molar-refractivity contribution < 1.29 is 14.6 Å². The number of fused-ring (bicyclic) bond motifs is 1. The Morgan fingerprint density at radius 3 is 2.48 bits per heavy atom. The van der Waals surface area contributed by atoms with Crippen molar-refractivity contribution in [2.75, 3.05) is 13.1 Å². The Labute approximate surface area is 186 Å². The van der Waals surface area contributed by atoms with E-state index in [1.165, 1.54) is 29.2 Å². The van der Waals surface area contributed by atoms with Crippen molar-refractivity contribution >= 4 is 16.7 Å². The molecule has 4 heteroatoms. The summed E-state index contributed by atoms with van der Waals surface area (Å²) in [6.45, 7) is 9.60. The van der Waals surface area contributed by atoms with Crippen molar-refractivity contribution in [1.29, 1.82) is 0 Å². The number of carboxylic acids is 1. The van der Waals surface area contributed by atoms with Gasteiger partial charge in [-0.3, -0.25) is 9.69 Å². The fourth-order valence-electron chi connectivity index (χ4n) is 5.47. The van der Waals surface area contributed by atoms with Gasteiger partial charge >= 0.3 is 5.97 Å². The van der Waals surface area contributed by atoms with E-state index in [1.807, 2.05) is 0 Å². The van der Waals surface area contributed by atoms with Gasteiger partial charge in [-0.05, 0) is 91.1 Å². The predicted molar refractivity (Wildman–Crippen MR) is 125 cm³/mol. The summed E-state index contributed by atoms with van der Waals surface area (Å²) in [6.07, 6.45) is 5.55. The molecular weight excluding hydrogens is 386 g/mol. The molecule has 1 N–H and O–H groups in total. The van der Waals surface area contributed by atoms with Crippen molar-refractivity contribution in [2.45, 2.75) is 65.5 Å². The third kappa shape index (κ3) is 5.41. The van der Waals surface area contributed by atoms with Gasteiger partial charge in [0.2, 0.25) is 0 Å². The van der Waals surface area contributed by atoms with Crippen LogP contribution in [0, 0.1) is 23.7 Å². The number of carbonyl (C=O) groups is 1. The van der Waals surface area contributed by atoms with Crippen LogP contribution in [0.2, 0.25) is 0 Å². The third-order valence-corrected chi connectivity index (χ3v) is 7.47. The maximum absolute atomic E-state index is 11.2. The second-order valence-electron chi connectivity index (χ2n) is 10.2. The Kier molecular flexibility index (Phi) is 6.86. The van der Waals surface area contributed by atoms with Gasteiger partial charge in [-0.1, -0.05) is 45.4 Å². The van der Waals surface area contributed by atoms with Crippen LogP contribution in [0.5, 0.6) is 5.75 Å². The molecule has 0 bridgehead atoms. The highest BCUT2D eigenvalue weighted by atomic mass is 16.5. The number of aliphatic carboxylic acids is 1. The number of piperidine rings is 1. The maximum Gasteiger partial charge on any atom is 0.306 e. The molecule has 2 fully saturated rings. The van der Waals surface area contributed by atoms with Gasteiger partial charge in [0, 0.05) is 6.54 Å². The van der Waals surface area contributed by atoms with Crippen molar-refractivity contribution in [1.82, 2.24) is 4.90 Å². The van der Waals surface area contributed by atoms with E-state index < -0.39 is 5.97 Å². The van der Waals surface area contributed by atoms with Crippen LogP contribution >= 0.6 is 0 Å². The molecule has 0 amide bonds. The van der Waals surface area contributed by atoms with E-state index in [2.05, 4.69) is 62.1 Å². The van der Waals surface area contributed by atoms with Gasteiger partial charge in [0.1, 0.15) is 11.9 Å². The van der Waals surface area contributed by atoms with E-state index in [1.54, 1.807) is 0 Å². The van der Waals surface area contributed by atoms with E-state index >= 15 is 0 Å². The van der Waals surface area contributed by atoms with Crippen LogP contribution in [0.4, 0.5) is 0 Å². The fraction of sp³-hybridized carbons (Fsp3) is 0.593. The third-order valence-electron chi connectivity index (χ3n) is 7.47. The Balaban J connectivity index is 1.42. The first-order valence-corrected chi connectivity index (χ1v) is 12.0. The lowest BCUT2D eigenvalue weighted by Gasteiger charge is -2.37. The fourth-order valence-corrected chi connectivity index (χ4v) is 5.47. The summed E-state index contributed by atoms with van der Waals surface area (Å²) < 4.78 is 6.53. The smallest absolute Gasteiger partial charge is 0.306 e. The molecule has 4 rings (SSSR count). The minimum atomic E-state index is -0.647. The average molecular weight is 424 g/mol. The van der Waals surface area contributed by atoms with Gasteiger partial charge in [-0.15, -0.1) is 0 Å². The number of likely N-dealkylation sites (tertiary alicyclic amines) is 1. The minimum absolute atomic E-state index is 0.172. The molecule has 31 heavy (non-hydrogen) atoms. The number of nitrogens with zero attached hydrogens (tertiary/aromatic N) is 1. The average Bonchev–Trinajstić information content (AvgIpc) is 2.74. The molecule has 1 saturated heterocycles. The molecule has 3 atom stereocenters. The van der Waals surface area contributed by atoms with Crippen LogP contribution in [0.3, 0.4) is 0 Å². The Bertz CT molecular complexity index is 900. The molecule has 168 valence electrons. The first-order chi connectivity index (χ1) is 14.9. The van der Waals surface area contributed by atoms with Gasteiger partial charge in [0.15, 0.2) is 0 Å². The largest absolute Gasteiger partial charge is 0.490 e. The highest BCUT2D eigenvalue weighted by Gasteiger charge is 2.32. The molecule has 4 nitrogen and oxygen atoms in total. The molecule has 0 aromatic heterocycles. The van der Waals surface area contributed by atoms with E-state index in [0.717, 1.165) is 50.6 Å². The number of ether oxygens (including phenoxy) is 1. The molecule has 0 spiro atoms. The van der Waals surface area contributed by atoms with Gasteiger partial charge in [0.05, 0.1) is 5.92 Å². The molecular formula is C27H37NO3. The first-order valence-electron chi connectivity index (χ1n) is 12.0. The topological polar surface area (TPSA) is 49.8 Å². The first kappa shape index (κ1) is 22.1. The quantitative estimate of drug-likeness (QED) is 0.621. The molecule has 2 aliphatic rings. The second-order valence-corrected chi connectivity index (χ2v) is 10.2. The Hall–Kier alpha value is -2.07. The SMILES string of the molecule is CC1CCC(C(C)C)C(Oc2ccc3cc(CN4CCC(C(=O)O)CC4)ccc3c2)C1. The number of carboxylic acid groups (broad SMARTS) is 1. The second kappa shape index (κ2) is 9.60. The zero-order chi connectivity index (χ0) is 22.0. The van der Waals surface area contributed by atoms with E-state index in [4.69, 9.17) is 4.74 Å². The molecule has 1 aliphatic carbocycles. The van der Waals surface area contributed by atoms with Crippen LogP contribution in [0.25, 0.3) is 10.8 Å². The molecule has 0 radical (unpaired) electrons. The van der Waals surface area contributed by atoms with E-state index in [-0.39, 0.29) is 5.92 Å². The summed E-state index contributed by atoms with van der Waals surface area (Å²) in [4.78, 5) is 13.5. The zero-order valence-electron chi connectivity index (χ0n) is 19.2. The van der Waals surface area contributed by atoms with Gasteiger partial charge in [-0.2, -0.15) is 0 Å². The van der Waals surface area contributed by atoms with Crippen LogP contribution < -0.4 is 4.74 Å². The molecule has 1 saturated carbocycles. The monoisotopic (exact) mass is 423 g/mol. The van der Waals surface area contributed by atoms with Crippen molar-refractivity contribution in [3.63, 3.8) is 0 Å². The van der Waals surface area contributed by atoms with Crippen molar-refractivity contribution in [2.24, 2.45) is 23.7 Å².